The van der Waals surface area contributed by atoms with Gasteiger partial charge in [0.25, 0.3) is 0 Å². The van der Waals surface area contributed by atoms with Crippen molar-refractivity contribution >= 4 is 5.91 Å². The number of nitrogens with one attached hydrogen (secondary N) is 1. The number of carbonyl (C=O) groups is 1. The van der Waals surface area contributed by atoms with Gasteiger partial charge in [0.1, 0.15) is 0 Å². The summed E-state index contributed by atoms with van der Waals surface area (Å²) in [5, 5.41) is 2.91. The molecule has 1 fully saturated rings. The number of nitrogens with zero attached hydrogens (tertiary/aromatic N) is 3. The van der Waals surface area contributed by atoms with Gasteiger partial charge >= 0.3 is 0 Å². The SMILES string of the molecule is CC(=O)NCCCCN1[C@@H](c2ncccc2C)CCC[C@H]1c1ncccc1C. The summed E-state index contributed by atoms with van der Waals surface area (Å²) >= 11 is 0. The Morgan fingerprint density at radius 2 is 1.61 bits per heavy atom. The highest BCUT2D eigenvalue weighted by Crippen LogP contribution is 2.42. The van der Waals surface area contributed by atoms with Crippen molar-refractivity contribution in [3.8, 4) is 0 Å². The van der Waals surface area contributed by atoms with Crippen LogP contribution in [-0.4, -0.2) is 33.9 Å². The van der Waals surface area contributed by atoms with E-state index >= 15 is 0 Å². The molecule has 3 rings (SSSR count). The third kappa shape index (κ3) is 4.96. The van der Waals surface area contributed by atoms with E-state index in [1.165, 1.54) is 28.9 Å². The van der Waals surface area contributed by atoms with Gasteiger partial charge in [0.2, 0.25) is 5.91 Å². The molecule has 2 aromatic heterocycles. The van der Waals surface area contributed by atoms with Crippen LogP contribution in [0.15, 0.2) is 36.7 Å². The summed E-state index contributed by atoms with van der Waals surface area (Å²) in [5.41, 5.74) is 4.91. The van der Waals surface area contributed by atoms with E-state index in [0.717, 1.165) is 38.8 Å². The molecule has 150 valence electrons. The second-order valence-electron chi connectivity index (χ2n) is 7.80. The average Bonchev–Trinajstić information content (AvgIpc) is 2.68. The summed E-state index contributed by atoms with van der Waals surface area (Å²) in [5.74, 6) is 0.0435. The standard InChI is InChI=1S/C23H32N4O/c1-17-9-7-14-25-22(17)20-11-6-12-21(23-18(2)10-8-15-26-23)27(20)16-5-4-13-24-19(3)28/h7-10,14-15,20-21H,4-6,11-13,16H2,1-3H3,(H,24,28)/t20-,21+. The summed E-state index contributed by atoms with van der Waals surface area (Å²) in [6.07, 6.45) is 9.30. The zero-order valence-electron chi connectivity index (χ0n) is 17.3. The van der Waals surface area contributed by atoms with E-state index in [-0.39, 0.29) is 5.91 Å². The Balaban J connectivity index is 1.82. The Bertz CT molecular complexity index is 738. The van der Waals surface area contributed by atoms with Crippen LogP contribution >= 0.6 is 0 Å². The minimum absolute atomic E-state index is 0.0435. The molecule has 0 bridgehead atoms. The predicted octanol–water partition coefficient (Wildman–Crippen LogP) is 4.28. The summed E-state index contributed by atoms with van der Waals surface area (Å²) in [7, 11) is 0. The van der Waals surface area contributed by atoms with Crippen LogP contribution in [0.25, 0.3) is 0 Å². The van der Waals surface area contributed by atoms with E-state index < -0.39 is 0 Å². The van der Waals surface area contributed by atoms with Gasteiger partial charge in [-0.05, 0) is 75.8 Å². The molecule has 0 unspecified atom stereocenters. The van der Waals surface area contributed by atoms with Crippen LogP contribution in [0, 0.1) is 13.8 Å². The van der Waals surface area contributed by atoms with E-state index in [9.17, 15) is 4.79 Å². The van der Waals surface area contributed by atoms with Crippen molar-refractivity contribution in [3.63, 3.8) is 0 Å². The fourth-order valence-corrected chi connectivity index (χ4v) is 4.33. The molecule has 1 N–H and O–H groups in total. The normalized spacial score (nSPS) is 20.1. The Morgan fingerprint density at radius 3 is 2.11 bits per heavy atom. The van der Waals surface area contributed by atoms with E-state index in [1.807, 2.05) is 24.5 Å². The molecule has 2 atom stereocenters. The summed E-state index contributed by atoms with van der Waals surface area (Å²) in [4.78, 5) is 23.2. The first kappa shape index (κ1) is 20.5. The number of likely N-dealkylation sites (tertiary alicyclic amines) is 1. The first-order chi connectivity index (χ1) is 13.6. The van der Waals surface area contributed by atoms with E-state index in [4.69, 9.17) is 9.97 Å². The van der Waals surface area contributed by atoms with Gasteiger partial charge in [0.05, 0.1) is 23.5 Å². The lowest BCUT2D eigenvalue weighted by atomic mass is 9.88. The van der Waals surface area contributed by atoms with Gasteiger partial charge in [-0.25, -0.2) is 0 Å². The number of aryl methyl sites for hydroxylation is 2. The number of hydrogen-bond acceptors (Lipinski definition) is 4. The average molecular weight is 381 g/mol. The number of piperidine rings is 1. The van der Waals surface area contributed by atoms with Gasteiger partial charge in [-0.3, -0.25) is 19.7 Å². The van der Waals surface area contributed by atoms with Crippen molar-refractivity contribution in [2.75, 3.05) is 13.1 Å². The molecule has 3 heterocycles. The number of amides is 1. The van der Waals surface area contributed by atoms with Crippen molar-refractivity contribution < 1.29 is 4.79 Å². The molecule has 5 heteroatoms. The maximum Gasteiger partial charge on any atom is 0.216 e. The first-order valence-electron chi connectivity index (χ1n) is 10.4. The quantitative estimate of drug-likeness (QED) is 0.729. The fraction of sp³-hybridized carbons (Fsp3) is 0.522. The Morgan fingerprint density at radius 1 is 1.04 bits per heavy atom. The van der Waals surface area contributed by atoms with Crippen LogP contribution in [0.2, 0.25) is 0 Å². The molecule has 0 aliphatic carbocycles. The van der Waals surface area contributed by atoms with Crippen molar-refractivity contribution in [1.29, 1.82) is 0 Å². The molecule has 1 saturated heterocycles. The van der Waals surface area contributed by atoms with Crippen LogP contribution in [0.1, 0.15) is 73.6 Å². The monoisotopic (exact) mass is 380 g/mol. The number of hydrogen-bond donors (Lipinski definition) is 1. The van der Waals surface area contributed by atoms with Crippen LogP contribution in [-0.2, 0) is 4.79 Å². The molecule has 1 amide bonds. The van der Waals surface area contributed by atoms with Crippen molar-refractivity contribution in [1.82, 2.24) is 20.2 Å². The summed E-state index contributed by atoms with van der Waals surface area (Å²) in [6, 6.07) is 8.99. The first-order valence-corrected chi connectivity index (χ1v) is 10.4. The van der Waals surface area contributed by atoms with Gasteiger partial charge in [-0.15, -0.1) is 0 Å². The Hall–Kier alpha value is -2.27. The third-order valence-electron chi connectivity index (χ3n) is 5.70. The predicted molar refractivity (Wildman–Crippen MR) is 112 cm³/mol. The lowest BCUT2D eigenvalue weighted by Gasteiger charge is -2.42. The maximum absolute atomic E-state index is 11.1. The number of pyridine rings is 2. The van der Waals surface area contributed by atoms with Crippen LogP contribution in [0.4, 0.5) is 0 Å². The fourth-order valence-electron chi connectivity index (χ4n) is 4.33. The highest BCUT2D eigenvalue weighted by Gasteiger charge is 2.34. The van der Waals surface area contributed by atoms with Gasteiger partial charge in [0.15, 0.2) is 0 Å². The molecule has 2 aromatic rings. The van der Waals surface area contributed by atoms with Gasteiger partial charge in [-0.1, -0.05) is 12.1 Å². The zero-order chi connectivity index (χ0) is 19.9. The Kier molecular flexibility index (Phi) is 7.15. The summed E-state index contributed by atoms with van der Waals surface area (Å²) < 4.78 is 0. The number of carbonyl (C=O) groups excluding carboxylic acids is 1. The molecule has 0 radical (unpaired) electrons. The minimum Gasteiger partial charge on any atom is -0.356 e. The van der Waals surface area contributed by atoms with E-state index in [1.54, 1.807) is 6.92 Å². The lowest BCUT2D eigenvalue weighted by Crippen LogP contribution is -2.38. The maximum atomic E-state index is 11.1. The van der Waals surface area contributed by atoms with Gasteiger partial charge in [-0.2, -0.15) is 0 Å². The molecule has 1 aliphatic heterocycles. The largest absolute Gasteiger partial charge is 0.356 e. The second kappa shape index (κ2) is 9.78. The minimum atomic E-state index is 0.0435. The van der Waals surface area contributed by atoms with Crippen LogP contribution in [0.5, 0.6) is 0 Å². The van der Waals surface area contributed by atoms with Gasteiger partial charge < -0.3 is 5.32 Å². The number of aromatic nitrogens is 2. The molecule has 28 heavy (non-hydrogen) atoms. The number of unbranched alkanes of at least 4 members (excludes halogenated alkanes) is 1. The van der Waals surface area contributed by atoms with Crippen molar-refractivity contribution in [2.45, 2.75) is 65.0 Å². The molecule has 0 aromatic carbocycles. The highest BCUT2D eigenvalue weighted by atomic mass is 16.1. The topological polar surface area (TPSA) is 58.1 Å². The third-order valence-corrected chi connectivity index (χ3v) is 5.70. The molecular weight excluding hydrogens is 348 g/mol. The van der Waals surface area contributed by atoms with Crippen LogP contribution in [0.3, 0.4) is 0 Å². The molecule has 0 saturated carbocycles. The van der Waals surface area contributed by atoms with E-state index in [2.05, 4.69) is 36.2 Å². The highest BCUT2D eigenvalue weighted by molar-refractivity contribution is 5.72. The van der Waals surface area contributed by atoms with E-state index in [0.29, 0.717) is 12.1 Å². The van der Waals surface area contributed by atoms with Crippen molar-refractivity contribution in [3.05, 3.63) is 59.2 Å². The number of rotatable bonds is 7. The second-order valence-corrected chi connectivity index (χ2v) is 7.80. The smallest absolute Gasteiger partial charge is 0.216 e. The van der Waals surface area contributed by atoms with Crippen molar-refractivity contribution in [2.24, 2.45) is 0 Å². The molecule has 5 nitrogen and oxygen atoms in total. The molecule has 1 aliphatic rings. The summed E-state index contributed by atoms with van der Waals surface area (Å²) in [6.45, 7) is 7.62. The Labute approximate surface area is 168 Å². The van der Waals surface area contributed by atoms with Gasteiger partial charge in [0, 0.05) is 25.9 Å². The molecular formula is C23H32N4O. The zero-order valence-corrected chi connectivity index (χ0v) is 17.3. The van der Waals surface area contributed by atoms with Crippen LogP contribution < -0.4 is 5.32 Å². The molecule has 0 spiro atoms. The lowest BCUT2D eigenvalue weighted by molar-refractivity contribution is -0.118.